The molecular weight excluding hydrogens is 574 g/mol. The number of hydrogen-bond acceptors (Lipinski definition) is 7. The number of phenols is 2. The van der Waals surface area contributed by atoms with E-state index in [1.54, 1.807) is 48.5 Å². The van der Waals surface area contributed by atoms with E-state index in [0.717, 1.165) is 34.4 Å². The summed E-state index contributed by atoms with van der Waals surface area (Å²) in [6.07, 6.45) is -1.28. The Morgan fingerprint density at radius 2 is 1.20 bits per heavy atom. The molecule has 2 atom stereocenters. The Morgan fingerprint density at radius 3 is 1.73 bits per heavy atom. The van der Waals surface area contributed by atoms with Crippen molar-refractivity contribution in [3.63, 3.8) is 0 Å². The molecule has 0 aliphatic carbocycles. The molecule has 45 heavy (non-hydrogen) atoms. The predicted octanol–water partition coefficient (Wildman–Crippen LogP) is 6.33. The molecule has 0 aromatic heterocycles. The minimum Gasteiger partial charge on any atom is -0.508 e. The fourth-order valence-corrected chi connectivity index (χ4v) is 5.37. The van der Waals surface area contributed by atoms with Gasteiger partial charge in [0.2, 0.25) is 0 Å². The van der Waals surface area contributed by atoms with Crippen LogP contribution in [0.25, 0.3) is 0 Å². The van der Waals surface area contributed by atoms with Crippen molar-refractivity contribution in [2.75, 3.05) is 26.3 Å². The quantitative estimate of drug-likeness (QED) is 0.141. The normalized spacial score (nSPS) is 18.0. The van der Waals surface area contributed by atoms with Crippen LogP contribution in [0, 0.1) is 0 Å². The molecule has 236 valence electrons. The fraction of sp³-hybridized carbons (Fsp3) is 0.306. The lowest BCUT2D eigenvalue weighted by molar-refractivity contribution is -0.0937. The van der Waals surface area contributed by atoms with Crippen LogP contribution in [0.2, 0.25) is 0 Å². The van der Waals surface area contributed by atoms with Crippen molar-refractivity contribution in [1.29, 1.82) is 0 Å². The monoisotopic (exact) mass is 613 g/mol. The van der Waals surface area contributed by atoms with E-state index in [2.05, 4.69) is 0 Å². The van der Waals surface area contributed by atoms with Gasteiger partial charge < -0.3 is 39.2 Å². The molecule has 1 saturated heterocycles. The van der Waals surface area contributed by atoms with Crippen LogP contribution in [0.15, 0.2) is 103 Å². The van der Waals surface area contributed by atoms with Gasteiger partial charge in [-0.1, -0.05) is 66.7 Å². The zero-order valence-corrected chi connectivity index (χ0v) is 25.0. The number of carbonyl (C=O) groups is 1. The molecule has 0 saturated carbocycles. The second-order valence-electron chi connectivity index (χ2n) is 11.1. The topological polar surface area (TPSA) is 118 Å². The number of likely N-dealkylation sites (tertiary alicyclic amines) is 1. The third-order valence-corrected chi connectivity index (χ3v) is 7.75. The van der Waals surface area contributed by atoms with E-state index in [1.165, 1.54) is 4.90 Å². The van der Waals surface area contributed by atoms with Gasteiger partial charge in [0.15, 0.2) is 0 Å². The number of amides is 1. The highest BCUT2D eigenvalue weighted by Crippen LogP contribution is 2.35. The van der Waals surface area contributed by atoms with Crippen molar-refractivity contribution in [2.24, 2.45) is 0 Å². The van der Waals surface area contributed by atoms with E-state index in [4.69, 9.17) is 18.9 Å². The van der Waals surface area contributed by atoms with Gasteiger partial charge >= 0.3 is 6.09 Å². The van der Waals surface area contributed by atoms with Gasteiger partial charge in [-0.25, -0.2) is 4.79 Å². The summed E-state index contributed by atoms with van der Waals surface area (Å²) in [7, 11) is 0. The molecule has 1 amide bonds. The fourth-order valence-electron chi connectivity index (χ4n) is 5.37. The second-order valence-corrected chi connectivity index (χ2v) is 11.1. The molecule has 1 aliphatic heterocycles. The van der Waals surface area contributed by atoms with Crippen molar-refractivity contribution in [3.05, 3.63) is 125 Å². The summed E-state index contributed by atoms with van der Waals surface area (Å²) in [6.45, 7) is 2.52. The van der Waals surface area contributed by atoms with Gasteiger partial charge in [0, 0.05) is 12.3 Å². The first kappa shape index (κ1) is 31.8. The van der Waals surface area contributed by atoms with Gasteiger partial charge in [0.05, 0.1) is 58.3 Å². The summed E-state index contributed by atoms with van der Waals surface area (Å²) in [5.41, 5.74) is 3.80. The van der Waals surface area contributed by atoms with Crippen molar-refractivity contribution in [1.82, 2.24) is 4.90 Å². The zero-order chi connectivity index (χ0) is 31.4. The number of nitrogens with zero attached hydrogens (tertiary/aromatic N) is 1. The standard InChI is InChI=1S/C36H39NO8/c38-30-13-7-27(8-14-30)24-44-33-21-37(36(40)41)22-34(45-25-28-9-15-31(39)16-10-28)35(33)29-11-17-32(18-12-29)43-20-4-19-42-23-26-5-2-1-3-6-26/h1-3,5-18,33-35,38-39H,4,19-25H2,(H,40,41). The lowest BCUT2D eigenvalue weighted by Crippen LogP contribution is -2.54. The highest BCUT2D eigenvalue weighted by atomic mass is 16.5. The average molecular weight is 614 g/mol. The molecule has 5 rings (SSSR count). The third-order valence-electron chi connectivity index (χ3n) is 7.75. The Bertz CT molecular complexity index is 1400. The predicted molar refractivity (Wildman–Crippen MR) is 168 cm³/mol. The largest absolute Gasteiger partial charge is 0.508 e. The summed E-state index contributed by atoms with van der Waals surface area (Å²) < 4.78 is 24.5. The molecular formula is C36H39NO8. The van der Waals surface area contributed by atoms with E-state index in [-0.39, 0.29) is 43.7 Å². The van der Waals surface area contributed by atoms with Gasteiger partial charge in [0.1, 0.15) is 17.2 Å². The maximum absolute atomic E-state index is 12.1. The van der Waals surface area contributed by atoms with Crippen LogP contribution < -0.4 is 4.74 Å². The number of phenolic OH excluding ortho intramolecular Hbond substituents is 2. The third kappa shape index (κ3) is 9.46. The molecule has 1 fully saturated rings. The maximum Gasteiger partial charge on any atom is 0.407 e. The molecule has 4 aromatic rings. The molecule has 0 bridgehead atoms. The Balaban J connectivity index is 1.26. The molecule has 0 spiro atoms. The van der Waals surface area contributed by atoms with Crippen molar-refractivity contribution < 1.29 is 39.1 Å². The SMILES string of the molecule is O=C(O)N1CC(OCc2ccc(O)cc2)C(c2ccc(OCCCOCc3ccccc3)cc2)C(OCc2ccc(O)cc2)C1. The second kappa shape index (κ2) is 15.9. The molecule has 0 radical (unpaired) electrons. The molecule has 1 heterocycles. The van der Waals surface area contributed by atoms with Crippen LogP contribution in [0.5, 0.6) is 17.2 Å². The Kier molecular flexibility index (Phi) is 11.3. The zero-order valence-electron chi connectivity index (χ0n) is 25.0. The molecule has 1 aliphatic rings. The minimum atomic E-state index is -1.04. The van der Waals surface area contributed by atoms with Crippen LogP contribution in [0.1, 0.15) is 34.6 Å². The van der Waals surface area contributed by atoms with E-state index < -0.39 is 18.3 Å². The number of ether oxygens (including phenoxy) is 4. The first-order chi connectivity index (χ1) is 21.9. The molecule has 9 nitrogen and oxygen atoms in total. The van der Waals surface area contributed by atoms with Crippen molar-refractivity contribution >= 4 is 6.09 Å². The van der Waals surface area contributed by atoms with Crippen LogP contribution in [-0.2, 0) is 34.0 Å². The van der Waals surface area contributed by atoms with E-state index in [0.29, 0.717) is 19.8 Å². The lowest BCUT2D eigenvalue weighted by atomic mass is 9.84. The van der Waals surface area contributed by atoms with Gasteiger partial charge in [-0.15, -0.1) is 0 Å². The van der Waals surface area contributed by atoms with Crippen LogP contribution in [0.3, 0.4) is 0 Å². The molecule has 9 heteroatoms. The van der Waals surface area contributed by atoms with Crippen molar-refractivity contribution in [2.45, 2.75) is 44.4 Å². The summed E-state index contributed by atoms with van der Waals surface area (Å²) in [4.78, 5) is 13.5. The van der Waals surface area contributed by atoms with Gasteiger partial charge in [0.25, 0.3) is 0 Å². The molecule has 4 aromatic carbocycles. The highest BCUT2D eigenvalue weighted by Gasteiger charge is 2.41. The number of benzene rings is 4. The molecule has 2 unspecified atom stereocenters. The Morgan fingerprint density at radius 1 is 0.667 bits per heavy atom. The maximum atomic E-state index is 12.1. The summed E-state index contributed by atoms with van der Waals surface area (Å²) in [6, 6.07) is 31.3. The van der Waals surface area contributed by atoms with Crippen LogP contribution >= 0.6 is 0 Å². The lowest BCUT2D eigenvalue weighted by Gasteiger charge is -2.42. The Labute approximate surface area is 263 Å². The van der Waals surface area contributed by atoms with Gasteiger partial charge in [-0.2, -0.15) is 0 Å². The highest BCUT2D eigenvalue weighted by molar-refractivity contribution is 5.65. The van der Waals surface area contributed by atoms with Crippen LogP contribution in [-0.4, -0.2) is 64.8 Å². The van der Waals surface area contributed by atoms with Crippen LogP contribution in [0.4, 0.5) is 4.79 Å². The van der Waals surface area contributed by atoms with E-state index in [1.807, 2.05) is 54.6 Å². The minimum absolute atomic E-state index is 0.163. The number of hydrogen-bond donors (Lipinski definition) is 3. The number of aromatic hydroxyl groups is 2. The Hall–Kier alpha value is -4.57. The van der Waals surface area contributed by atoms with E-state index >= 15 is 0 Å². The molecule has 3 N–H and O–H groups in total. The first-order valence-corrected chi connectivity index (χ1v) is 15.1. The summed E-state index contributed by atoms with van der Waals surface area (Å²) in [5.74, 6) is 0.787. The number of carboxylic acid groups (broad SMARTS) is 1. The van der Waals surface area contributed by atoms with Crippen molar-refractivity contribution in [3.8, 4) is 17.2 Å². The average Bonchev–Trinajstić information content (AvgIpc) is 3.06. The summed E-state index contributed by atoms with van der Waals surface area (Å²) in [5, 5.41) is 29.2. The first-order valence-electron chi connectivity index (χ1n) is 15.1. The van der Waals surface area contributed by atoms with Gasteiger partial charge in [-0.3, -0.25) is 0 Å². The van der Waals surface area contributed by atoms with E-state index in [9.17, 15) is 20.1 Å². The number of piperidine rings is 1. The smallest absolute Gasteiger partial charge is 0.407 e. The summed E-state index contributed by atoms with van der Waals surface area (Å²) >= 11 is 0. The number of rotatable bonds is 14. The van der Waals surface area contributed by atoms with Gasteiger partial charge in [-0.05, 0) is 58.7 Å².